The molecule has 1 heterocycles. The summed E-state index contributed by atoms with van der Waals surface area (Å²) in [4.78, 5) is 2.48. The molecule has 1 aliphatic carbocycles. The number of nitrogens with zero attached hydrogens (tertiary/aromatic N) is 1. The highest BCUT2D eigenvalue weighted by atomic mass is 16.5. The SMILES string of the molecule is OCC1(CNCCCN2CCOCC2)CCCCC1. The maximum atomic E-state index is 9.64. The normalized spacial score (nSPS) is 24.5. The molecule has 112 valence electrons. The molecule has 1 saturated heterocycles. The van der Waals surface area contributed by atoms with Crippen molar-refractivity contribution in [3.63, 3.8) is 0 Å². The highest BCUT2D eigenvalue weighted by molar-refractivity contribution is 4.84. The first-order valence-corrected chi connectivity index (χ1v) is 7.96. The summed E-state index contributed by atoms with van der Waals surface area (Å²) in [6.45, 7) is 7.53. The van der Waals surface area contributed by atoms with Gasteiger partial charge < -0.3 is 15.2 Å². The lowest BCUT2D eigenvalue weighted by Crippen LogP contribution is -2.41. The van der Waals surface area contributed by atoms with Gasteiger partial charge in [0.15, 0.2) is 0 Å². The first kappa shape index (κ1) is 15.2. The van der Waals surface area contributed by atoms with Crippen LogP contribution in [-0.4, -0.2) is 62.6 Å². The van der Waals surface area contributed by atoms with Crippen LogP contribution in [0, 0.1) is 5.41 Å². The molecule has 0 spiro atoms. The van der Waals surface area contributed by atoms with Gasteiger partial charge in [-0.25, -0.2) is 0 Å². The monoisotopic (exact) mass is 270 g/mol. The highest BCUT2D eigenvalue weighted by Gasteiger charge is 2.30. The van der Waals surface area contributed by atoms with Crippen LogP contribution in [0.5, 0.6) is 0 Å². The second-order valence-corrected chi connectivity index (χ2v) is 6.20. The summed E-state index contributed by atoms with van der Waals surface area (Å²) in [6, 6.07) is 0. The lowest BCUT2D eigenvalue weighted by Gasteiger charge is -2.36. The van der Waals surface area contributed by atoms with Crippen molar-refractivity contribution in [2.45, 2.75) is 38.5 Å². The Morgan fingerprint density at radius 3 is 2.53 bits per heavy atom. The van der Waals surface area contributed by atoms with Gasteiger partial charge in [-0.1, -0.05) is 19.3 Å². The minimum Gasteiger partial charge on any atom is -0.396 e. The van der Waals surface area contributed by atoms with Crippen LogP contribution in [-0.2, 0) is 4.74 Å². The lowest BCUT2D eigenvalue weighted by molar-refractivity contribution is 0.0370. The van der Waals surface area contributed by atoms with Crippen molar-refractivity contribution in [2.24, 2.45) is 5.41 Å². The van der Waals surface area contributed by atoms with Crippen LogP contribution in [0.15, 0.2) is 0 Å². The maximum Gasteiger partial charge on any atom is 0.0594 e. The first-order chi connectivity index (χ1) is 9.35. The Labute approximate surface area is 117 Å². The third-order valence-electron chi connectivity index (χ3n) is 4.68. The van der Waals surface area contributed by atoms with Gasteiger partial charge in [-0.05, 0) is 32.4 Å². The van der Waals surface area contributed by atoms with Crippen LogP contribution < -0.4 is 5.32 Å². The van der Waals surface area contributed by atoms with E-state index in [1.807, 2.05) is 0 Å². The summed E-state index contributed by atoms with van der Waals surface area (Å²) < 4.78 is 5.35. The summed E-state index contributed by atoms with van der Waals surface area (Å²) in [7, 11) is 0. The van der Waals surface area contributed by atoms with Gasteiger partial charge in [0.05, 0.1) is 13.2 Å². The maximum absolute atomic E-state index is 9.64. The zero-order chi connectivity index (χ0) is 13.4. The minimum atomic E-state index is 0.178. The van der Waals surface area contributed by atoms with Gasteiger partial charge in [-0.3, -0.25) is 4.90 Å². The van der Waals surface area contributed by atoms with E-state index < -0.39 is 0 Å². The van der Waals surface area contributed by atoms with E-state index in [2.05, 4.69) is 10.2 Å². The van der Waals surface area contributed by atoms with Crippen molar-refractivity contribution in [1.29, 1.82) is 0 Å². The van der Waals surface area contributed by atoms with E-state index in [4.69, 9.17) is 4.74 Å². The highest BCUT2D eigenvalue weighted by Crippen LogP contribution is 2.35. The molecule has 0 bridgehead atoms. The second-order valence-electron chi connectivity index (χ2n) is 6.20. The quantitative estimate of drug-likeness (QED) is 0.683. The summed E-state index contributed by atoms with van der Waals surface area (Å²) in [5.41, 5.74) is 0.178. The molecule has 0 aromatic heterocycles. The molecule has 0 aromatic carbocycles. The standard InChI is InChI=1S/C15H30N2O2/c18-14-15(5-2-1-3-6-15)13-16-7-4-8-17-9-11-19-12-10-17/h16,18H,1-14H2. The summed E-state index contributed by atoms with van der Waals surface area (Å²) in [6.07, 6.45) is 7.51. The number of hydrogen-bond acceptors (Lipinski definition) is 4. The molecular formula is C15H30N2O2. The second kappa shape index (κ2) is 8.20. The average Bonchev–Trinajstić information content (AvgIpc) is 2.49. The predicted molar refractivity (Wildman–Crippen MR) is 77.3 cm³/mol. The molecule has 1 aliphatic heterocycles. The van der Waals surface area contributed by atoms with Gasteiger partial charge in [0.25, 0.3) is 0 Å². The van der Waals surface area contributed by atoms with E-state index >= 15 is 0 Å². The minimum absolute atomic E-state index is 0.178. The van der Waals surface area contributed by atoms with Gasteiger partial charge in [0, 0.05) is 31.7 Å². The van der Waals surface area contributed by atoms with Gasteiger partial charge in [-0.2, -0.15) is 0 Å². The molecule has 2 N–H and O–H groups in total. The Hall–Kier alpha value is -0.160. The van der Waals surface area contributed by atoms with E-state index in [1.165, 1.54) is 45.1 Å². The van der Waals surface area contributed by atoms with Crippen LogP contribution in [0.4, 0.5) is 0 Å². The van der Waals surface area contributed by atoms with Crippen LogP contribution in [0.1, 0.15) is 38.5 Å². The number of morpholine rings is 1. The van der Waals surface area contributed by atoms with E-state index in [9.17, 15) is 5.11 Å². The Balaban J connectivity index is 1.55. The molecule has 2 fully saturated rings. The number of aliphatic hydroxyl groups is 1. The van der Waals surface area contributed by atoms with Gasteiger partial charge in [0.2, 0.25) is 0 Å². The Kier molecular flexibility index (Phi) is 6.57. The number of aliphatic hydroxyl groups excluding tert-OH is 1. The summed E-state index contributed by atoms with van der Waals surface area (Å²) >= 11 is 0. The third kappa shape index (κ3) is 5.03. The zero-order valence-corrected chi connectivity index (χ0v) is 12.2. The Bertz CT molecular complexity index is 236. The summed E-state index contributed by atoms with van der Waals surface area (Å²) in [5, 5.41) is 13.2. The molecule has 0 aromatic rings. The van der Waals surface area contributed by atoms with E-state index in [1.54, 1.807) is 0 Å². The van der Waals surface area contributed by atoms with Crippen LogP contribution in [0.3, 0.4) is 0 Å². The van der Waals surface area contributed by atoms with Crippen molar-refractivity contribution < 1.29 is 9.84 Å². The van der Waals surface area contributed by atoms with Gasteiger partial charge in [-0.15, -0.1) is 0 Å². The molecule has 0 atom stereocenters. The van der Waals surface area contributed by atoms with E-state index in [0.29, 0.717) is 6.61 Å². The molecule has 4 nitrogen and oxygen atoms in total. The number of ether oxygens (including phenoxy) is 1. The largest absolute Gasteiger partial charge is 0.396 e. The fourth-order valence-corrected chi connectivity index (χ4v) is 3.30. The zero-order valence-electron chi connectivity index (χ0n) is 12.2. The smallest absolute Gasteiger partial charge is 0.0594 e. The molecule has 2 rings (SSSR count). The molecule has 2 aliphatic rings. The predicted octanol–water partition coefficient (Wildman–Crippen LogP) is 1.24. The molecule has 0 unspecified atom stereocenters. The average molecular weight is 270 g/mol. The first-order valence-electron chi connectivity index (χ1n) is 7.96. The lowest BCUT2D eigenvalue weighted by atomic mass is 9.74. The van der Waals surface area contributed by atoms with Crippen molar-refractivity contribution in [2.75, 3.05) is 52.5 Å². The fourth-order valence-electron chi connectivity index (χ4n) is 3.30. The van der Waals surface area contributed by atoms with E-state index in [0.717, 1.165) is 39.4 Å². The third-order valence-corrected chi connectivity index (χ3v) is 4.68. The van der Waals surface area contributed by atoms with Crippen molar-refractivity contribution in [3.8, 4) is 0 Å². The molecular weight excluding hydrogens is 240 g/mol. The van der Waals surface area contributed by atoms with Crippen LogP contribution >= 0.6 is 0 Å². The molecule has 0 radical (unpaired) electrons. The molecule has 1 saturated carbocycles. The Morgan fingerprint density at radius 1 is 1.11 bits per heavy atom. The fraction of sp³-hybridized carbons (Fsp3) is 1.00. The topological polar surface area (TPSA) is 44.7 Å². The summed E-state index contributed by atoms with van der Waals surface area (Å²) in [5.74, 6) is 0. The van der Waals surface area contributed by atoms with Crippen molar-refractivity contribution >= 4 is 0 Å². The van der Waals surface area contributed by atoms with Crippen LogP contribution in [0.2, 0.25) is 0 Å². The van der Waals surface area contributed by atoms with Gasteiger partial charge >= 0.3 is 0 Å². The molecule has 4 heteroatoms. The number of nitrogens with one attached hydrogen (secondary N) is 1. The molecule has 19 heavy (non-hydrogen) atoms. The van der Waals surface area contributed by atoms with Gasteiger partial charge in [0.1, 0.15) is 0 Å². The van der Waals surface area contributed by atoms with E-state index in [-0.39, 0.29) is 5.41 Å². The number of rotatable bonds is 7. The van der Waals surface area contributed by atoms with Crippen molar-refractivity contribution in [1.82, 2.24) is 10.2 Å². The molecule has 0 amide bonds. The van der Waals surface area contributed by atoms with Crippen LogP contribution in [0.25, 0.3) is 0 Å². The Morgan fingerprint density at radius 2 is 1.84 bits per heavy atom. The van der Waals surface area contributed by atoms with Crippen molar-refractivity contribution in [3.05, 3.63) is 0 Å². The number of hydrogen-bond donors (Lipinski definition) is 2.